The number of aromatic nitrogens is 2. The van der Waals surface area contributed by atoms with Crippen LogP contribution in [0.15, 0.2) is 54.6 Å². The lowest BCUT2D eigenvalue weighted by atomic mass is 9.82. The Labute approximate surface area is 216 Å². The van der Waals surface area contributed by atoms with Crippen LogP contribution < -0.4 is 15.8 Å². The molecule has 0 saturated heterocycles. The van der Waals surface area contributed by atoms with Crippen molar-refractivity contribution in [2.75, 3.05) is 13.2 Å². The average Bonchev–Trinajstić information content (AvgIpc) is 3.46. The molecular weight excluding hydrogens is 499 g/mol. The molecule has 4 aromatic rings. The summed E-state index contributed by atoms with van der Waals surface area (Å²) < 4.78 is 19.4. The lowest BCUT2D eigenvalue weighted by Gasteiger charge is -2.26. The highest BCUT2D eigenvalue weighted by molar-refractivity contribution is 6.35. The zero-order valence-corrected chi connectivity index (χ0v) is 20.8. The molecule has 3 heterocycles. The fraction of sp³-hybridized carbons (Fsp3) is 0.222. The molecule has 5 rings (SSSR count). The van der Waals surface area contributed by atoms with Gasteiger partial charge in [-0.2, -0.15) is 0 Å². The van der Waals surface area contributed by atoms with Gasteiger partial charge in [0.25, 0.3) is 5.91 Å². The fourth-order valence-electron chi connectivity index (χ4n) is 4.35. The van der Waals surface area contributed by atoms with Crippen LogP contribution in [0.3, 0.4) is 0 Å². The molecule has 1 aliphatic heterocycles. The summed E-state index contributed by atoms with van der Waals surface area (Å²) in [5.74, 6) is -1.13. The number of H-pyrrole nitrogens is 1. The molecule has 0 bridgehead atoms. The number of hydrogen-bond acceptors (Lipinski definition) is 5. The van der Waals surface area contributed by atoms with Gasteiger partial charge >= 0.3 is 0 Å². The largest absolute Gasteiger partial charge is 0.489 e. The lowest BCUT2D eigenvalue weighted by Crippen LogP contribution is -2.41. The van der Waals surface area contributed by atoms with Crippen LogP contribution in [0.2, 0.25) is 5.02 Å². The van der Waals surface area contributed by atoms with Crippen LogP contribution in [-0.2, 0) is 15.8 Å². The first kappa shape index (κ1) is 24.7. The smallest absolute Gasteiger partial charge is 0.267 e. The van der Waals surface area contributed by atoms with Gasteiger partial charge in [0, 0.05) is 27.1 Å². The molecule has 2 amide bonds. The minimum Gasteiger partial charge on any atom is -0.489 e. The maximum Gasteiger partial charge on any atom is 0.267 e. The van der Waals surface area contributed by atoms with Crippen LogP contribution in [-0.4, -0.2) is 40.0 Å². The number of fused-ring (bicyclic) bond motifs is 2. The van der Waals surface area contributed by atoms with Crippen molar-refractivity contribution in [1.29, 1.82) is 0 Å². The van der Waals surface area contributed by atoms with Gasteiger partial charge in [0.15, 0.2) is 0 Å². The van der Waals surface area contributed by atoms with E-state index in [1.165, 1.54) is 31.2 Å². The molecule has 37 heavy (non-hydrogen) atoms. The molecule has 190 valence electrons. The minimum atomic E-state index is -1.65. The Morgan fingerprint density at radius 3 is 2.68 bits per heavy atom. The van der Waals surface area contributed by atoms with Gasteiger partial charge in [0.1, 0.15) is 40.6 Å². The number of pyridine rings is 1. The average molecular weight is 523 g/mol. The number of benzene rings is 2. The van der Waals surface area contributed by atoms with Crippen molar-refractivity contribution in [1.82, 2.24) is 15.3 Å². The number of carbonyl (C=O) groups excluding carboxylic acids is 2. The molecule has 0 fully saturated rings. The third kappa shape index (κ3) is 4.30. The number of nitrogens with zero attached hydrogens (tertiary/aromatic N) is 1. The van der Waals surface area contributed by atoms with E-state index in [1.807, 2.05) is 0 Å². The van der Waals surface area contributed by atoms with Gasteiger partial charge in [-0.15, -0.1) is 0 Å². The van der Waals surface area contributed by atoms with Gasteiger partial charge in [-0.1, -0.05) is 17.7 Å². The molecule has 1 aliphatic rings. The highest BCUT2D eigenvalue weighted by Gasteiger charge is 2.45. The zero-order chi connectivity index (χ0) is 26.5. The van der Waals surface area contributed by atoms with Crippen LogP contribution in [0.4, 0.5) is 4.39 Å². The molecule has 2 aromatic heterocycles. The predicted molar refractivity (Wildman–Crippen MR) is 137 cm³/mol. The summed E-state index contributed by atoms with van der Waals surface area (Å²) in [6, 6.07) is 14.1. The second kappa shape index (κ2) is 8.86. The number of aromatic amines is 1. The van der Waals surface area contributed by atoms with Gasteiger partial charge in [0.05, 0.1) is 12.2 Å². The van der Waals surface area contributed by atoms with Crippen LogP contribution >= 0.6 is 11.6 Å². The highest BCUT2D eigenvalue weighted by Crippen LogP contribution is 2.45. The van der Waals surface area contributed by atoms with Crippen LogP contribution in [0.25, 0.3) is 22.2 Å². The molecule has 0 saturated carbocycles. The fourth-order valence-corrected chi connectivity index (χ4v) is 4.57. The number of ether oxygens (including phenoxy) is 1. The number of nitrogens with one attached hydrogen (secondary N) is 2. The first-order chi connectivity index (χ1) is 17.5. The van der Waals surface area contributed by atoms with Crippen molar-refractivity contribution in [3.63, 3.8) is 0 Å². The summed E-state index contributed by atoms with van der Waals surface area (Å²) in [5, 5.41) is 15.3. The SMILES string of the molecule is C[C@](O)(CNC(=O)c1cc2c(Cl)cccc2[nH]1)c1cc2c(c(-c3ccc(F)cc3)n1)OC[C@]2(C)C(N)=O. The van der Waals surface area contributed by atoms with Crippen molar-refractivity contribution in [2.24, 2.45) is 5.73 Å². The molecule has 0 radical (unpaired) electrons. The van der Waals surface area contributed by atoms with Gasteiger partial charge in [0.2, 0.25) is 5.91 Å². The molecule has 2 atom stereocenters. The molecule has 0 unspecified atom stereocenters. The van der Waals surface area contributed by atoms with Gasteiger partial charge in [-0.3, -0.25) is 9.59 Å². The van der Waals surface area contributed by atoms with E-state index in [-0.39, 0.29) is 24.5 Å². The summed E-state index contributed by atoms with van der Waals surface area (Å²) in [7, 11) is 0. The van der Waals surface area contributed by atoms with Crippen molar-refractivity contribution in [3.05, 3.63) is 82.4 Å². The number of hydrogen-bond donors (Lipinski definition) is 4. The summed E-state index contributed by atoms with van der Waals surface area (Å²) in [5.41, 5.74) is 5.38. The molecule has 2 aromatic carbocycles. The Kier molecular flexibility index (Phi) is 5.92. The molecule has 5 N–H and O–H groups in total. The maximum absolute atomic E-state index is 13.6. The quantitative estimate of drug-likeness (QED) is 0.306. The molecule has 0 spiro atoms. The van der Waals surface area contributed by atoms with E-state index in [1.54, 1.807) is 37.3 Å². The van der Waals surface area contributed by atoms with Crippen molar-refractivity contribution < 1.29 is 23.8 Å². The van der Waals surface area contributed by atoms with E-state index in [9.17, 15) is 19.1 Å². The van der Waals surface area contributed by atoms with Crippen molar-refractivity contribution in [2.45, 2.75) is 24.9 Å². The highest BCUT2D eigenvalue weighted by atomic mass is 35.5. The topological polar surface area (TPSA) is 130 Å². The third-order valence-corrected chi connectivity index (χ3v) is 7.06. The van der Waals surface area contributed by atoms with E-state index in [0.717, 1.165) is 0 Å². The minimum absolute atomic E-state index is 0.00117. The van der Waals surface area contributed by atoms with E-state index in [0.29, 0.717) is 38.5 Å². The molecule has 8 nitrogen and oxygen atoms in total. The van der Waals surface area contributed by atoms with E-state index in [2.05, 4.69) is 15.3 Å². The van der Waals surface area contributed by atoms with E-state index >= 15 is 0 Å². The number of carbonyl (C=O) groups is 2. The lowest BCUT2D eigenvalue weighted by molar-refractivity contribution is -0.123. The van der Waals surface area contributed by atoms with Gasteiger partial charge < -0.3 is 25.9 Å². The molecule has 0 aliphatic carbocycles. The summed E-state index contributed by atoms with van der Waals surface area (Å²) in [6.45, 7) is 2.95. The van der Waals surface area contributed by atoms with E-state index < -0.39 is 28.6 Å². The first-order valence-electron chi connectivity index (χ1n) is 11.5. The monoisotopic (exact) mass is 522 g/mol. The normalized spacial score (nSPS) is 18.2. The zero-order valence-electron chi connectivity index (χ0n) is 20.1. The van der Waals surface area contributed by atoms with Crippen LogP contribution in [0.1, 0.15) is 35.6 Å². The standard InChI is InChI=1S/C27H24ClFN4O4/c1-26(25(30)35)13-37-23-17(26)11-21(33-22(23)14-6-8-15(29)9-7-14)27(2,36)12-31-24(34)20-10-16-18(28)4-3-5-19(16)32-20/h3-11,32,36H,12-13H2,1-2H3,(H2,30,35)(H,31,34)/t26-,27-/m0/s1. The van der Waals surface area contributed by atoms with Crippen molar-refractivity contribution in [3.8, 4) is 17.0 Å². The maximum atomic E-state index is 13.6. The number of nitrogens with two attached hydrogens (primary N) is 1. The first-order valence-corrected chi connectivity index (χ1v) is 11.9. The Balaban J connectivity index is 1.49. The molecular formula is C27H24ClFN4O4. The number of halogens is 2. The summed E-state index contributed by atoms with van der Waals surface area (Å²) in [4.78, 5) is 32.8. The third-order valence-electron chi connectivity index (χ3n) is 6.73. The number of rotatable bonds is 6. The Morgan fingerprint density at radius 2 is 2.00 bits per heavy atom. The van der Waals surface area contributed by atoms with Gasteiger partial charge in [-0.25, -0.2) is 9.37 Å². The predicted octanol–water partition coefficient (Wildman–Crippen LogP) is 3.80. The second-order valence-corrected chi connectivity index (χ2v) is 9.97. The Bertz CT molecular complexity index is 1550. The molecule has 10 heteroatoms. The Morgan fingerprint density at radius 1 is 1.27 bits per heavy atom. The number of amides is 2. The van der Waals surface area contributed by atoms with E-state index in [4.69, 9.17) is 22.1 Å². The second-order valence-electron chi connectivity index (χ2n) is 9.57. The number of primary amides is 1. The van der Waals surface area contributed by atoms with Crippen LogP contribution in [0.5, 0.6) is 5.75 Å². The summed E-state index contributed by atoms with van der Waals surface area (Å²) in [6.07, 6.45) is 0. The van der Waals surface area contributed by atoms with Crippen LogP contribution in [0, 0.1) is 5.82 Å². The summed E-state index contributed by atoms with van der Waals surface area (Å²) >= 11 is 6.21. The number of aliphatic hydroxyl groups is 1. The Hall–Kier alpha value is -3.95. The van der Waals surface area contributed by atoms with Gasteiger partial charge in [-0.05, 0) is 62.4 Å². The van der Waals surface area contributed by atoms with Crippen molar-refractivity contribution >= 4 is 34.3 Å².